The molecule has 2 aromatic rings. The highest BCUT2D eigenvalue weighted by molar-refractivity contribution is 5.87. The van der Waals surface area contributed by atoms with Gasteiger partial charge >= 0.3 is 5.97 Å². The molecule has 0 amide bonds. The molecule has 2 aromatic heterocycles. The number of aromatic nitrogens is 1. The number of carbonyl (C=O) groups excluding carboxylic acids is 1. The number of esters is 1. The summed E-state index contributed by atoms with van der Waals surface area (Å²) in [7, 11) is 2.80. The fourth-order valence-corrected chi connectivity index (χ4v) is 1.80. The van der Waals surface area contributed by atoms with Crippen LogP contribution in [0, 0.1) is 13.8 Å². The molecule has 102 valence electrons. The lowest BCUT2D eigenvalue weighted by molar-refractivity contribution is 0.0559. The van der Waals surface area contributed by atoms with Crippen molar-refractivity contribution in [3.05, 3.63) is 29.0 Å². The summed E-state index contributed by atoms with van der Waals surface area (Å²) in [5, 5.41) is 0. The molecular formula is C13H15NO5. The average molecular weight is 265 g/mol. The number of hydrogen-bond acceptors (Lipinski definition) is 6. The number of furan rings is 1. The molecule has 19 heavy (non-hydrogen) atoms. The van der Waals surface area contributed by atoms with Crippen LogP contribution in [0.4, 0.5) is 0 Å². The van der Waals surface area contributed by atoms with Gasteiger partial charge in [0.25, 0.3) is 0 Å². The minimum Gasteiger partial charge on any atom is -0.466 e. The number of rotatable bonds is 4. The van der Waals surface area contributed by atoms with Crippen LogP contribution in [-0.4, -0.2) is 25.2 Å². The third-order valence-electron chi connectivity index (χ3n) is 2.62. The molecule has 0 aliphatic carbocycles. The first-order chi connectivity index (χ1) is 9.06. The first-order valence-electron chi connectivity index (χ1n) is 5.71. The average Bonchev–Trinajstić information content (AvgIpc) is 2.92. The summed E-state index contributed by atoms with van der Waals surface area (Å²) in [4.78, 5) is 15.9. The van der Waals surface area contributed by atoms with Gasteiger partial charge in [0, 0.05) is 7.11 Å². The molecule has 6 heteroatoms. The lowest BCUT2D eigenvalue weighted by Gasteiger charge is -1.96. The van der Waals surface area contributed by atoms with E-state index < -0.39 is 5.97 Å². The van der Waals surface area contributed by atoms with E-state index in [1.54, 1.807) is 13.0 Å². The van der Waals surface area contributed by atoms with Gasteiger partial charge in [-0.15, -0.1) is 0 Å². The van der Waals surface area contributed by atoms with Crippen LogP contribution < -0.4 is 0 Å². The maximum Gasteiger partial charge on any atom is 0.376 e. The number of aryl methyl sites for hydroxylation is 2. The van der Waals surface area contributed by atoms with E-state index in [0.717, 1.165) is 5.76 Å². The molecule has 2 heterocycles. The Bertz CT molecular complexity index is 596. The Labute approximate surface area is 110 Å². The first kappa shape index (κ1) is 13.4. The first-order valence-corrected chi connectivity index (χ1v) is 5.71. The smallest absolute Gasteiger partial charge is 0.376 e. The van der Waals surface area contributed by atoms with Gasteiger partial charge in [-0.25, -0.2) is 9.78 Å². The standard InChI is InChI=1S/C13H15NO5/c1-7-5-9(8(2)18-7)12-14-10(6-16-3)11(19-12)13(15)17-4/h5H,6H2,1-4H3. The molecule has 0 spiro atoms. The van der Waals surface area contributed by atoms with Crippen molar-refractivity contribution in [1.82, 2.24) is 4.98 Å². The zero-order chi connectivity index (χ0) is 14.0. The second kappa shape index (κ2) is 5.27. The zero-order valence-electron chi connectivity index (χ0n) is 11.3. The van der Waals surface area contributed by atoms with Gasteiger partial charge in [-0.2, -0.15) is 0 Å². The van der Waals surface area contributed by atoms with Crippen molar-refractivity contribution in [2.45, 2.75) is 20.5 Å². The largest absolute Gasteiger partial charge is 0.466 e. The van der Waals surface area contributed by atoms with Crippen LogP contribution in [0.15, 0.2) is 14.9 Å². The number of methoxy groups -OCH3 is 2. The second-order valence-corrected chi connectivity index (χ2v) is 4.05. The van der Waals surface area contributed by atoms with E-state index in [0.29, 0.717) is 22.9 Å². The lowest BCUT2D eigenvalue weighted by atomic mass is 10.2. The highest BCUT2D eigenvalue weighted by Crippen LogP contribution is 2.28. The Morgan fingerprint density at radius 3 is 2.58 bits per heavy atom. The molecule has 0 aromatic carbocycles. The summed E-state index contributed by atoms with van der Waals surface area (Å²) in [6.07, 6.45) is 0. The van der Waals surface area contributed by atoms with Crippen LogP contribution in [0.25, 0.3) is 11.5 Å². The Hall–Kier alpha value is -2.08. The van der Waals surface area contributed by atoms with E-state index in [1.807, 2.05) is 6.92 Å². The third-order valence-corrected chi connectivity index (χ3v) is 2.62. The summed E-state index contributed by atoms with van der Waals surface area (Å²) >= 11 is 0. The highest BCUT2D eigenvalue weighted by Gasteiger charge is 2.23. The van der Waals surface area contributed by atoms with Crippen LogP contribution in [0.1, 0.15) is 27.8 Å². The maximum atomic E-state index is 11.6. The molecule has 0 atom stereocenters. The molecule has 0 saturated heterocycles. The minimum absolute atomic E-state index is 0.0533. The van der Waals surface area contributed by atoms with Crippen molar-refractivity contribution >= 4 is 5.97 Å². The molecule has 0 saturated carbocycles. The van der Waals surface area contributed by atoms with Crippen LogP contribution >= 0.6 is 0 Å². The molecule has 0 bridgehead atoms. The van der Waals surface area contributed by atoms with Crippen LogP contribution in [0.3, 0.4) is 0 Å². The van der Waals surface area contributed by atoms with Crippen molar-refractivity contribution in [2.24, 2.45) is 0 Å². The van der Waals surface area contributed by atoms with Gasteiger partial charge in [0.2, 0.25) is 11.7 Å². The second-order valence-electron chi connectivity index (χ2n) is 4.05. The molecule has 0 aliphatic heterocycles. The van der Waals surface area contributed by atoms with E-state index in [2.05, 4.69) is 9.72 Å². The zero-order valence-corrected chi connectivity index (χ0v) is 11.3. The quantitative estimate of drug-likeness (QED) is 0.790. The van der Waals surface area contributed by atoms with Crippen molar-refractivity contribution in [1.29, 1.82) is 0 Å². The van der Waals surface area contributed by atoms with E-state index in [-0.39, 0.29) is 12.4 Å². The summed E-state index contributed by atoms with van der Waals surface area (Å²) in [6, 6.07) is 1.80. The fourth-order valence-electron chi connectivity index (χ4n) is 1.80. The SMILES string of the molecule is COCc1nc(-c2cc(C)oc2C)oc1C(=O)OC. The van der Waals surface area contributed by atoms with E-state index >= 15 is 0 Å². The van der Waals surface area contributed by atoms with E-state index in [4.69, 9.17) is 13.6 Å². The van der Waals surface area contributed by atoms with Gasteiger partial charge < -0.3 is 18.3 Å². The Morgan fingerprint density at radius 2 is 2.05 bits per heavy atom. The van der Waals surface area contributed by atoms with Crippen molar-refractivity contribution < 1.29 is 23.1 Å². The normalized spacial score (nSPS) is 10.7. The lowest BCUT2D eigenvalue weighted by Crippen LogP contribution is -2.04. The van der Waals surface area contributed by atoms with Gasteiger partial charge in [-0.1, -0.05) is 0 Å². The predicted octanol–water partition coefficient (Wildman–Crippen LogP) is 2.48. The summed E-state index contributed by atoms with van der Waals surface area (Å²) in [6.45, 7) is 3.81. The van der Waals surface area contributed by atoms with Gasteiger partial charge in [-0.05, 0) is 19.9 Å². The maximum absolute atomic E-state index is 11.6. The van der Waals surface area contributed by atoms with E-state index in [9.17, 15) is 4.79 Å². The van der Waals surface area contributed by atoms with Gasteiger partial charge in [0.1, 0.15) is 17.2 Å². The summed E-state index contributed by atoms with van der Waals surface area (Å²) in [5.41, 5.74) is 1.12. The van der Waals surface area contributed by atoms with Gasteiger partial charge in [-0.3, -0.25) is 0 Å². The monoisotopic (exact) mass is 265 g/mol. The summed E-state index contributed by atoms with van der Waals surface area (Å²) < 4.78 is 20.5. The fraction of sp³-hybridized carbons (Fsp3) is 0.385. The van der Waals surface area contributed by atoms with Crippen molar-refractivity contribution in [3.8, 4) is 11.5 Å². The molecule has 0 N–H and O–H groups in total. The Balaban J connectivity index is 2.48. The van der Waals surface area contributed by atoms with Crippen LogP contribution in [0.5, 0.6) is 0 Å². The highest BCUT2D eigenvalue weighted by atomic mass is 16.5. The van der Waals surface area contributed by atoms with E-state index in [1.165, 1.54) is 14.2 Å². The minimum atomic E-state index is -0.580. The number of ether oxygens (including phenoxy) is 2. The number of oxazole rings is 1. The van der Waals surface area contributed by atoms with Crippen LogP contribution in [-0.2, 0) is 16.1 Å². The number of hydrogen-bond donors (Lipinski definition) is 0. The molecule has 0 fully saturated rings. The predicted molar refractivity (Wildman–Crippen MR) is 65.7 cm³/mol. The van der Waals surface area contributed by atoms with Gasteiger partial charge in [0.05, 0.1) is 19.3 Å². The number of carbonyl (C=O) groups is 1. The third kappa shape index (κ3) is 2.53. The molecule has 6 nitrogen and oxygen atoms in total. The van der Waals surface area contributed by atoms with Crippen molar-refractivity contribution in [2.75, 3.05) is 14.2 Å². The van der Waals surface area contributed by atoms with Crippen LogP contribution in [0.2, 0.25) is 0 Å². The van der Waals surface area contributed by atoms with Crippen molar-refractivity contribution in [3.63, 3.8) is 0 Å². The molecule has 0 aliphatic rings. The topological polar surface area (TPSA) is 74.7 Å². The Morgan fingerprint density at radius 1 is 1.32 bits per heavy atom. The Kier molecular flexibility index (Phi) is 3.71. The summed E-state index contributed by atoms with van der Waals surface area (Å²) in [5.74, 6) is 1.22. The molecule has 0 unspecified atom stereocenters. The van der Waals surface area contributed by atoms with Gasteiger partial charge in [0.15, 0.2) is 0 Å². The molecular weight excluding hydrogens is 250 g/mol. The number of nitrogens with zero attached hydrogens (tertiary/aromatic N) is 1. The molecule has 2 rings (SSSR count). The molecule has 0 radical (unpaired) electrons.